The summed E-state index contributed by atoms with van der Waals surface area (Å²) >= 11 is 3.78. The van der Waals surface area contributed by atoms with Gasteiger partial charge in [0, 0.05) is 12.2 Å². The number of carboxylic acids is 2. The predicted octanol–water partition coefficient (Wildman–Crippen LogP) is -4.10. The van der Waals surface area contributed by atoms with Gasteiger partial charge in [-0.05, 0) is 13.3 Å². The Hall–Kier alpha value is -2.91. The number of carbonyl (C=O) groups is 6. The standard InChI is InChI=1S/C16H27N5O9S/c1-6(22)12(15(28)20-9(5-31)16(29)30)21-14(27)8(4-11(24)25)19-13(26)7(17)2-3-10(18)23/h6-9,12,22,31H,2-5,17H2,1H3,(H2,18,23)(H,19,26)(H,20,28)(H,21,27)(H,24,25)(H,29,30). The van der Waals surface area contributed by atoms with Crippen LogP contribution in [0.15, 0.2) is 0 Å². The normalized spacial score (nSPS) is 15.5. The van der Waals surface area contributed by atoms with Gasteiger partial charge in [-0.1, -0.05) is 0 Å². The lowest BCUT2D eigenvalue weighted by Crippen LogP contribution is -2.60. The molecule has 176 valence electrons. The Labute approximate surface area is 182 Å². The van der Waals surface area contributed by atoms with Gasteiger partial charge in [0.2, 0.25) is 23.6 Å². The number of aliphatic hydroxyl groups excluding tert-OH is 1. The van der Waals surface area contributed by atoms with Gasteiger partial charge in [0.25, 0.3) is 0 Å². The number of carboxylic acid groups (broad SMARTS) is 2. The van der Waals surface area contributed by atoms with Crippen LogP contribution in [0.25, 0.3) is 0 Å². The Kier molecular flexibility index (Phi) is 12.1. The van der Waals surface area contributed by atoms with E-state index in [1.807, 2.05) is 0 Å². The third-order valence-electron chi connectivity index (χ3n) is 3.91. The summed E-state index contributed by atoms with van der Waals surface area (Å²) in [5, 5.41) is 34.0. The fourth-order valence-corrected chi connectivity index (χ4v) is 2.45. The van der Waals surface area contributed by atoms with Crippen molar-refractivity contribution in [3.63, 3.8) is 0 Å². The number of rotatable bonds is 14. The number of hydrogen-bond acceptors (Lipinski definition) is 9. The van der Waals surface area contributed by atoms with Gasteiger partial charge in [0.15, 0.2) is 0 Å². The van der Waals surface area contributed by atoms with Crippen LogP contribution in [0.2, 0.25) is 0 Å². The molecule has 0 aliphatic carbocycles. The molecule has 5 atom stereocenters. The maximum absolute atomic E-state index is 12.5. The maximum atomic E-state index is 12.5. The molecule has 0 spiro atoms. The van der Waals surface area contributed by atoms with Gasteiger partial charge in [0.1, 0.15) is 18.1 Å². The van der Waals surface area contributed by atoms with Gasteiger partial charge in [0.05, 0.1) is 18.6 Å². The number of hydrogen-bond donors (Lipinski definition) is 9. The summed E-state index contributed by atoms with van der Waals surface area (Å²) < 4.78 is 0. The number of nitrogens with one attached hydrogen (secondary N) is 3. The largest absolute Gasteiger partial charge is 0.481 e. The van der Waals surface area contributed by atoms with E-state index in [4.69, 9.17) is 21.7 Å². The summed E-state index contributed by atoms with van der Waals surface area (Å²) in [6.07, 6.45) is -2.76. The molecule has 0 saturated carbocycles. The molecule has 14 nitrogen and oxygen atoms in total. The first-order chi connectivity index (χ1) is 14.3. The van der Waals surface area contributed by atoms with Gasteiger partial charge in [-0.2, -0.15) is 12.6 Å². The number of aliphatic hydroxyl groups is 1. The minimum atomic E-state index is -1.68. The molecule has 15 heteroatoms. The average Bonchev–Trinajstić information content (AvgIpc) is 2.66. The zero-order valence-electron chi connectivity index (χ0n) is 16.6. The van der Waals surface area contributed by atoms with Gasteiger partial charge < -0.3 is 42.7 Å². The number of primary amides is 1. The fraction of sp³-hybridized carbons (Fsp3) is 0.625. The summed E-state index contributed by atoms with van der Waals surface area (Å²) in [7, 11) is 0. The molecule has 5 unspecified atom stereocenters. The van der Waals surface area contributed by atoms with Crippen molar-refractivity contribution in [2.24, 2.45) is 11.5 Å². The van der Waals surface area contributed by atoms with Crippen molar-refractivity contribution in [2.45, 2.75) is 56.5 Å². The molecule has 0 bridgehead atoms. The zero-order chi connectivity index (χ0) is 24.3. The van der Waals surface area contributed by atoms with E-state index >= 15 is 0 Å². The first-order valence-corrected chi connectivity index (χ1v) is 9.61. The summed E-state index contributed by atoms with van der Waals surface area (Å²) in [4.78, 5) is 69.7. The van der Waals surface area contributed by atoms with Crippen LogP contribution in [-0.4, -0.2) is 86.9 Å². The first-order valence-electron chi connectivity index (χ1n) is 8.98. The molecule has 0 radical (unpaired) electrons. The van der Waals surface area contributed by atoms with Crippen molar-refractivity contribution in [1.29, 1.82) is 0 Å². The highest BCUT2D eigenvalue weighted by molar-refractivity contribution is 7.80. The summed E-state index contributed by atoms with van der Waals surface area (Å²) in [6.45, 7) is 1.13. The molecule has 31 heavy (non-hydrogen) atoms. The van der Waals surface area contributed by atoms with Gasteiger partial charge in [-0.15, -0.1) is 0 Å². The van der Waals surface area contributed by atoms with Gasteiger partial charge in [-0.3, -0.25) is 24.0 Å². The number of thiol groups is 1. The van der Waals surface area contributed by atoms with E-state index < -0.39 is 72.3 Å². The second-order valence-electron chi connectivity index (χ2n) is 6.58. The smallest absolute Gasteiger partial charge is 0.327 e. The van der Waals surface area contributed by atoms with Crippen molar-refractivity contribution in [3.8, 4) is 0 Å². The van der Waals surface area contributed by atoms with Crippen molar-refractivity contribution in [3.05, 3.63) is 0 Å². The number of aliphatic carboxylic acids is 2. The number of carbonyl (C=O) groups excluding carboxylic acids is 4. The molecule has 0 aromatic heterocycles. The lowest BCUT2D eigenvalue weighted by molar-refractivity contribution is -0.143. The van der Waals surface area contributed by atoms with Crippen LogP contribution in [0, 0.1) is 0 Å². The van der Waals surface area contributed by atoms with Crippen LogP contribution in [0.1, 0.15) is 26.2 Å². The van der Waals surface area contributed by atoms with Crippen LogP contribution in [0.3, 0.4) is 0 Å². The minimum absolute atomic E-state index is 0.151. The second-order valence-corrected chi connectivity index (χ2v) is 6.94. The van der Waals surface area contributed by atoms with Crippen molar-refractivity contribution < 1.29 is 44.1 Å². The molecule has 0 heterocycles. The van der Waals surface area contributed by atoms with E-state index in [2.05, 4.69) is 28.6 Å². The van der Waals surface area contributed by atoms with Gasteiger partial charge >= 0.3 is 11.9 Å². The van der Waals surface area contributed by atoms with Crippen molar-refractivity contribution in [1.82, 2.24) is 16.0 Å². The number of amides is 4. The highest BCUT2D eigenvalue weighted by atomic mass is 32.1. The van der Waals surface area contributed by atoms with E-state index in [1.54, 1.807) is 0 Å². The highest BCUT2D eigenvalue weighted by Crippen LogP contribution is 2.02. The molecule has 0 fully saturated rings. The highest BCUT2D eigenvalue weighted by Gasteiger charge is 2.33. The topological polar surface area (TPSA) is 251 Å². The lowest BCUT2D eigenvalue weighted by atomic mass is 10.1. The van der Waals surface area contributed by atoms with Crippen LogP contribution in [-0.2, 0) is 28.8 Å². The Morgan fingerprint density at radius 2 is 1.48 bits per heavy atom. The monoisotopic (exact) mass is 465 g/mol. The molecule has 0 rings (SSSR count). The van der Waals surface area contributed by atoms with Crippen LogP contribution >= 0.6 is 12.6 Å². The molecule has 0 aromatic carbocycles. The molecule has 10 N–H and O–H groups in total. The lowest BCUT2D eigenvalue weighted by Gasteiger charge is -2.25. The Balaban J connectivity index is 5.33. The first kappa shape index (κ1) is 28.1. The van der Waals surface area contributed by atoms with E-state index in [0.29, 0.717) is 0 Å². The Morgan fingerprint density at radius 1 is 0.935 bits per heavy atom. The molecule has 0 aliphatic rings. The van der Waals surface area contributed by atoms with Crippen molar-refractivity contribution >= 4 is 48.2 Å². The van der Waals surface area contributed by atoms with E-state index in [0.717, 1.165) is 6.92 Å². The van der Waals surface area contributed by atoms with Crippen LogP contribution in [0.5, 0.6) is 0 Å². The zero-order valence-corrected chi connectivity index (χ0v) is 17.5. The molecule has 0 saturated heterocycles. The minimum Gasteiger partial charge on any atom is -0.481 e. The maximum Gasteiger partial charge on any atom is 0.327 e. The second kappa shape index (κ2) is 13.4. The quantitative estimate of drug-likeness (QED) is 0.112. The van der Waals surface area contributed by atoms with E-state index in [1.165, 1.54) is 0 Å². The van der Waals surface area contributed by atoms with Crippen molar-refractivity contribution in [2.75, 3.05) is 5.75 Å². The van der Waals surface area contributed by atoms with Crippen LogP contribution in [0.4, 0.5) is 0 Å². The summed E-state index contributed by atoms with van der Waals surface area (Å²) in [6, 6.07) is -6.02. The van der Waals surface area contributed by atoms with Crippen LogP contribution < -0.4 is 27.4 Å². The third kappa shape index (κ3) is 10.6. The molecule has 0 aliphatic heterocycles. The molecular formula is C16H27N5O9S. The van der Waals surface area contributed by atoms with Gasteiger partial charge in [-0.25, -0.2) is 4.79 Å². The Bertz CT molecular complexity index is 703. The summed E-state index contributed by atoms with van der Waals surface area (Å²) in [5.74, 6) is -7.01. The molecule has 0 aromatic rings. The summed E-state index contributed by atoms with van der Waals surface area (Å²) in [5.41, 5.74) is 10.5. The molecule has 4 amide bonds. The van der Waals surface area contributed by atoms with E-state index in [9.17, 15) is 33.9 Å². The SMILES string of the molecule is CC(O)C(NC(=O)C(CC(=O)O)NC(=O)C(N)CCC(N)=O)C(=O)NC(CS)C(=O)O. The molecular weight excluding hydrogens is 438 g/mol. The third-order valence-corrected chi connectivity index (χ3v) is 4.28. The Morgan fingerprint density at radius 3 is 1.90 bits per heavy atom. The fourth-order valence-electron chi connectivity index (χ4n) is 2.20. The predicted molar refractivity (Wildman–Crippen MR) is 108 cm³/mol. The van der Waals surface area contributed by atoms with E-state index in [-0.39, 0.29) is 18.6 Å². The average molecular weight is 465 g/mol. The number of nitrogens with two attached hydrogens (primary N) is 2.